The van der Waals surface area contributed by atoms with Gasteiger partial charge in [-0.3, -0.25) is 4.79 Å². The van der Waals surface area contributed by atoms with Crippen molar-refractivity contribution >= 4 is 5.91 Å². The van der Waals surface area contributed by atoms with E-state index in [1.165, 1.54) is 6.42 Å². The monoisotopic (exact) mass is 259 g/mol. The average molecular weight is 259 g/mol. The Morgan fingerprint density at radius 2 is 2.00 bits per heavy atom. The van der Waals surface area contributed by atoms with Gasteiger partial charge in [-0.1, -0.05) is 18.2 Å². The molecular weight excluding hydrogens is 238 g/mol. The SMILES string of the molecule is O=C(C1CC1)N1CCCC(COc2ccccc2)C1. The van der Waals surface area contributed by atoms with E-state index in [1.54, 1.807) is 0 Å². The van der Waals surface area contributed by atoms with Gasteiger partial charge < -0.3 is 9.64 Å². The lowest BCUT2D eigenvalue weighted by atomic mass is 9.98. The van der Waals surface area contributed by atoms with E-state index in [-0.39, 0.29) is 0 Å². The number of piperidine rings is 1. The summed E-state index contributed by atoms with van der Waals surface area (Å²) >= 11 is 0. The molecule has 1 heterocycles. The molecule has 0 N–H and O–H groups in total. The zero-order valence-electron chi connectivity index (χ0n) is 11.3. The maximum atomic E-state index is 12.1. The third-order valence-electron chi connectivity index (χ3n) is 3.99. The van der Waals surface area contributed by atoms with Crippen LogP contribution in [0.5, 0.6) is 5.75 Å². The summed E-state index contributed by atoms with van der Waals surface area (Å²) in [5.74, 6) is 2.13. The van der Waals surface area contributed by atoms with Gasteiger partial charge in [0.15, 0.2) is 0 Å². The molecule has 1 aliphatic carbocycles. The Labute approximate surface area is 114 Å². The van der Waals surface area contributed by atoms with Gasteiger partial charge in [-0.15, -0.1) is 0 Å². The molecule has 102 valence electrons. The second kappa shape index (κ2) is 5.64. The second-order valence-electron chi connectivity index (χ2n) is 5.69. The quantitative estimate of drug-likeness (QED) is 0.832. The molecule has 0 spiro atoms. The molecule has 1 saturated carbocycles. The van der Waals surface area contributed by atoms with Gasteiger partial charge in [0.25, 0.3) is 0 Å². The standard InChI is InChI=1S/C16H21NO2/c18-16(14-8-9-14)17-10-4-5-13(11-17)12-19-15-6-2-1-3-7-15/h1-3,6-7,13-14H,4-5,8-12H2. The number of carbonyl (C=O) groups excluding carboxylic acids is 1. The molecule has 1 atom stereocenters. The van der Waals surface area contributed by atoms with Crippen LogP contribution in [0, 0.1) is 11.8 Å². The molecule has 0 aromatic heterocycles. The van der Waals surface area contributed by atoms with Crippen molar-refractivity contribution in [1.82, 2.24) is 4.90 Å². The molecule has 1 amide bonds. The molecule has 1 unspecified atom stereocenters. The van der Waals surface area contributed by atoms with Crippen molar-refractivity contribution in [1.29, 1.82) is 0 Å². The fourth-order valence-corrected chi connectivity index (χ4v) is 2.72. The smallest absolute Gasteiger partial charge is 0.225 e. The lowest BCUT2D eigenvalue weighted by Gasteiger charge is -2.32. The molecule has 0 radical (unpaired) electrons. The number of benzene rings is 1. The molecule has 3 rings (SSSR count). The molecule has 19 heavy (non-hydrogen) atoms. The molecule has 1 aliphatic heterocycles. The highest BCUT2D eigenvalue weighted by Gasteiger charge is 2.35. The Morgan fingerprint density at radius 1 is 1.21 bits per heavy atom. The van der Waals surface area contributed by atoms with Crippen molar-refractivity contribution in [3.8, 4) is 5.75 Å². The Hall–Kier alpha value is -1.51. The Kier molecular flexibility index (Phi) is 3.72. The van der Waals surface area contributed by atoms with Gasteiger partial charge in [-0.2, -0.15) is 0 Å². The van der Waals surface area contributed by atoms with Crippen molar-refractivity contribution in [3.63, 3.8) is 0 Å². The number of nitrogens with zero attached hydrogens (tertiary/aromatic N) is 1. The van der Waals surface area contributed by atoms with Gasteiger partial charge in [0, 0.05) is 24.9 Å². The summed E-state index contributed by atoms with van der Waals surface area (Å²) in [6, 6.07) is 9.92. The number of hydrogen-bond acceptors (Lipinski definition) is 2. The fraction of sp³-hybridized carbons (Fsp3) is 0.562. The van der Waals surface area contributed by atoms with E-state index < -0.39 is 0 Å². The first kappa shape index (κ1) is 12.5. The zero-order chi connectivity index (χ0) is 13.1. The number of carbonyl (C=O) groups is 1. The van der Waals surface area contributed by atoms with Crippen LogP contribution in [0.3, 0.4) is 0 Å². The third kappa shape index (κ3) is 3.28. The Morgan fingerprint density at radius 3 is 2.74 bits per heavy atom. The predicted molar refractivity (Wildman–Crippen MR) is 74.0 cm³/mol. The number of amides is 1. The van der Waals surface area contributed by atoms with Gasteiger partial charge >= 0.3 is 0 Å². The zero-order valence-corrected chi connectivity index (χ0v) is 11.3. The second-order valence-corrected chi connectivity index (χ2v) is 5.69. The number of ether oxygens (including phenoxy) is 1. The van der Waals surface area contributed by atoms with Crippen molar-refractivity contribution < 1.29 is 9.53 Å². The topological polar surface area (TPSA) is 29.5 Å². The molecule has 2 aliphatic rings. The summed E-state index contributed by atoms with van der Waals surface area (Å²) in [7, 11) is 0. The molecular formula is C16H21NO2. The Balaban J connectivity index is 1.49. The van der Waals surface area contributed by atoms with Crippen LogP contribution >= 0.6 is 0 Å². The molecule has 0 bridgehead atoms. The van der Waals surface area contributed by atoms with Crippen LogP contribution < -0.4 is 4.74 Å². The van der Waals surface area contributed by atoms with Crippen LogP contribution in [0.15, 0.2) is 30.3 Å². The fourth-order valence-electron chi connectivity index (χ4n) is 2.72. The number of rotatable bonds is 4. The van der Waals surface area contributed by atoms with Crippen molar-refractivity contribution in [2.24, 2.45) is 11.8 Å². The molecule has 3 heteroatoms. The number of para-hydroxylation sites is 1. The minimum atomic E-state index is 0.341. The minimum absolute atomic E-state index is 0.341. The van der Waals surface area contributed by atoms with Crippen molar-refractivity contribution in [2.75, 3.05) is 19.7 Å². The maximum Gasteiger partial charge on any atom is 0.225 e. The van der Waals surface area contributed by atoms with E-state index in [0.717, 1.165) is 44.7 Å². The van der Waals surface area contributed by atoms with Crippen LogP contribution in [0.25, 0.3) is 0 Å². The van der Waals surface area contributed by atoms with Crippen LogP contribution in [0.1, 0.15) is 25.7 Å². The number of likely N-dealkylation sites (tertiary alicyclic amines) is 1. The lowest BCUT2D eigenvalue weighted by molar-refractivity contribution is -0.134. The van der Waals surface area contributed by atoms with Crippen LogP contribution in [-0.2, 0) is 4.79 Å². The predicted octanol–water partition coefficient (Wildman–Crippen LogP) is 2.71. The largest absolute Gasteiger partial charge is 0.493 e. The molecule has 2 fully saturated rings. The molecule has 1 aromatic carbocycles. The first-order valence-corrected chi connectivity index (χ1v) is 7.29. The highest BCUT2D eigenvalue weighted by Crippen LogP contribution is 2.32. The van der Waals surface area contributed by atoms with Crippen LogP contribution in [0.4, 0.5) is 0 Å². The highest BCUT2D eigenvalue weighted by atomic mass is 16.5. The molecule has 3 nitrogen and oxygen atoms in total. The third-order valence-corrected chi connectivity index (χ3v) is 3.99. The van der Waals surface area contributed by atoms with E-state index in [1.807, 2.05) is 30.3 Å². The van der Waals surface area contributed by atoms with Crippen molar-refractivity contribution in [3.05, 3.63) is 30.3 Å². The van der Waals surface area contributed by atoms with Crippen LogP contribution in [-0.4, -0.2) is 30.5 Å². The van der Waals surface area contributed by atoms with E-state index in [2.05, 4.69) is 4.90 Å². The summed E-state index contributed by atoms with van der Waals surface area (Å²) < 4.78 is 5.81. The highest BCUT2D eigenvalue weighted by molar-refractivity contribution is 5.81. The summed E-state index contributed by atoms with van der Waals surface area (Å²) in [6.45, 7) is 2.54. The molecule has 1 aromatic rings. The van der Waals surface area contributed by atoms with Gasteiger partial charge in [0.2, 0.25) is 5.91 Å². The van der Waals surface area contributed by atoms with E-state index >= 15 is 0 Å². The van der Waals surface area contributed by atoms with Crippen molar-refractivity contribution in [2.45, 2.75) is 25.7 Å². The van der Waals surface area contributed by atoms with Gasteiger partial charge in [0.1, 0.15) is 5.75 Å². The number of hydrogen-bond donors (Lipinski definition) is 0. The summed E-state index contributed by atoms with van der Waals surface area (Å²) in [4.78, 5) is 14.1. The van der Waals surface area contributed by atoms with Gasteiger partial charge in [-0.05, 0) is 37.8 Å². The Bertz CT molecular complexity index is 428. The van der Waals surface area contributed by atoms with Gasteiger partial charge in [0.05, 0.1) is 6.61 Å². The summed E-state index contributed by atoms with van der Waals surface area (Å²) in [5.41, 5.74) is 0. The lowest BCUT2D eigenvalue weighted by Crippen LogP contribution is -2.42. The first-order valence-electron chi connectivity index (χ1n) is 7.29. The normalized spacial score (nSPS) is 23.2. The first-order chi connectivity index (χ1) is 9.33. The van der Waals surface area contributed by atoms with E-state index in [0.29, 0.717) is 17.7 Å². The van der Waals surface area contributed by atoms with E-state index in [4.69, 9.17) is 4.74 Å². The van der Waals surface area contributed by atoms with E-state index in [9.17, 15) is 4.79 Å². The molecule has 1 saturated heterocycles. The van der Waals surface area contributed by atoms with Gasteiger partial charge in [-0.25, -0.2) is 0 Å². The summed E-state index contributed by atoms with van der Waals surface area (Å²) in [5, 5.41) is 0. The average Bonchev–Trinajstić information content (AvgIpc) is 3.30. The maximum absolute atomic E-state index is 12.1. The minimum Gasteiger partial charge on any atom is -0.493 e. The summed E-state index contributed by atoms with van der Waals surface area (Å²) in [6.07, 6.45) is 4.48. The van der Waals surface area contributed by atoms with Crippen LogP contribution in [0.2, 0.25) is 0 Å².